The number of aliphatic hydroxyl groups excluding tert-OH is 2. The molecule has 1 rings (SSSR count). The molecule has 3 N–H and O–H groups in total. The summed E-state index contributed by atoms with van der Waals surface area (Å²) in [6.07, 6.45) is -1.10. The fourth-order valence-corrected chi connectivity index (χ4v) is 3.08. The van der Waals surface area contributed by atoms with Gasteiger partial charge in [0.05, 0.1) is 17.6 Å². The Hall–Kier alpha value is -0.470. The van der Waals surface area contributed by atoms with Crippen LogP contribution in [0.5, 0.6) is 0 Å². The number of hydrogen-bond donors (Lipinski definition) is 3. The standard InChI is InChI=1S/C9H12BrNO4S/c10-8-3-1-2-4-9(8)16(14,15)11-5-7(13)6-12/h1-4,7,11-13H,5-6H2/t7-/m0/s1. The summed E-state index contributed by atoms with van der Waals surface area (Å²) in [6.45, 7) is -0.710. The highest BCUT2D eigenvalue weighted by Gasteiger charge is 2.17. The average molecular weight is 310 g/mol. The smallest absolute Gasteiger partial charge is 0.241 e. The Kier molecular flexibility index (Phi) is 4.88. The summed E-state index contributed by atoms with van der Waals surface area (Å²) in [6, 6.07) is 6.35. The summed E-state index contributed by atoms with van der Waals surface area (Å²) in [5.74, 6) is 0. The van der Waals surface area contributed by atoms with Crippen LogP contribution < -0.4 is 4.72 Å². The van der Waals surface area contributed by atoms with Gasteiger partial charge in [0.15, 0.2) is 0 Å². The molecule has 90 valence electrons. The molecular formula is C9H12BrNO4S. The lowest BCUT2D eigenvalue weighted by Gasteiger charge is -2.10. The molecule has 0 fully saturated rings. The third-order valence-corrected chi connectivity index (χ3v) is 4.28. The Morgan fingerprint density at radius 1 is 1.38 bits per heavy atom. The topological polar surface area (TPSA) is 86.6 Å². The molecule has 1 aromatic carbocycles. The van der Waals surface area contributed by atoms with Gasteiger partial charge in [-0.1, -0.05) is 12.1 Å². The zero-order chi connectivity index (χ0) is 12.2. The number of nitrogens with one attached hydrogen (secondary N) is 1. The molecule has 0 radical (unpaired) electrons. The molecule has 7 heteroatoms. The number of benzene rings is 1. The van der Waals surface area contributed by atoms with E-state index in [1.807, 2.05) is 0 Å². The Morgan fingerprint density at radius 3 is 2.56 bits per heavy atom. The minimum Gasteiger partial charge on any atom is -0.394 e. The van der Waals surface area contributed by atoms with Gasteiger partial charge in [0, 0.05) is 11.0 Å². The van der Waals surface area contributed by atoms with Crippen molar-refractivity contribution in [2.75, 3.05) is 13.2 Å². The SMILES string of the molecule is O=S(=O)(NC[C@H](O)CO)c1ccccc1Br. The summed E-state index contributed by atoms with van der Waals surface area (Å²) in [4.78, 5) is 0.0974. The van der Waals surface area contributed by atoms with Gasteiger partial charge in [-0.05, 0) is 28.1 Å². The lowest BCUT2D eigenvalue weighted by atomic mass is 10.4. The van der Waals surface area contributed by atoms with Crippen LogP contribution in [-0.2, 0) is 10.0 Å². The molecule has 0 amide bonds. The fraction of sp³-hybridized carbons (Fsp3) is 0.333. The summed E-state index contributed by atoms with van der Waals surface area (Å²) < 4.78 is 26.1. The summed E-state index contributed by atoms with van der Waals surface area (Å²) in [5, 5.41) is 17.6. The predicted octanol–water partition coefficient (Wildman–Crippen LogP) is 0.0806. The van der Waals surface area contributed by atoms with Crippen molar-refractivity contribution in [2.24, 2.45) is 0 Å². The fourth-order valence-electron chi connectivity index (χ4n) is 1.01. The molecule has 1 aromatic rings. The van der Waals surface area contributed by atoms with Crippen molar-refractivity contribution in [2.45, 2.75) is 11.0 Å². The molecule has 0 aliphatic heterocycles. The number of hydrogen-bond acceptors (Lipinski definition) is 4. The maximum Gasteiger partial charge on any atom is 0.241 e. The van der Waals surface area contributed by atoms with Crippen molar-refractivity contribution in [3.63, 3.8) is 0 Å². The van der Waals surface area contributed by atoms with E-state index in [1.54, 1.807) is 18.2 Å². The molecule has 5 nitrogen and oxygen atoms in total. The number of sulfonamides is 1. The summed E-state index contributed by atoms with van der Waals surface area (Å²) in [7, 11) is -3.66. The van der Waals surface area contributed by atoms with Crippen molar-refractivity contribution in [1.82, 2.24) is 4.72 Å². The first-order valence-electron chi connectivity index (χ1n) is 4.50. The second kappa shape index (κ2) is 5.74. The van der Waals surface area contributed by atoms with E-state index in [0.29, 0.717) is 4.47 Å². The van der Waals surface area contributed by atoms with E-state index >= 15 is 0 Å². The number of rotatable bonds is 5. The third kappa shape index (κ3) is 3.53. The molecule has 0 spiro atoms. The zero-order valence-electron chi connectivity index (χ0n) is 8.30. The van der Waals surface area contributed by atoms with Gasteiger partial charge in [-0.2, -0.15) is 0 Å². The highest BCUT2D eigenvalue weighted by Crippen LogP contribution is 2.20. The number of aliphatic hydroxyl groups is 2. The lowest BCUT2D eigenvalue weighted by molar-refractivity contribution is 0.0988. The number of halogens is 1. The molecule has 0 saturated heterocycles. The predicted molar refractivity (Wildman–Crippen MR) is 62.4 cm³/mol. The van der Waals surface area contributed by atoms with Gasteiger partial charge in [0.2, 0.25) is 10.0 Å². The van der Waals surface area contributed by atoms with Crippen molar-refractivity contribution in [1.29, 1.82) is 0 Å². The van der Waals surface area contributed by atoms with Crippen molar-refractivity contribution in [3.8, 4) is 0 Å². The summed E-state index contributed by atoms with van der Waals surface area (Å²) in [5.41, 5.74) is 0. The van der Waals surface area contributed by atoms with Crippen LogP contribution in [0.15, 0.2) is 33.6 Å². The van der Waals surface area contributed by atoms with Crippen LogP contribution in [0.4, 0.5) is 0 Å². The molecule has 0 aromatic heterocycles. The molecule has 0 bridgehead atoms. The van der Waals surface area contributed by atoms with E-state index in [-0.39, 0.29) is 11.4 Å². The first-order chi connectivity index (χ1) is 7.47. The Labute approximate surface area is 102 Å². The highest BCUT2D eigenvalue weighted by atomic mass is 79.9. The van der Waals surface area contributed by atoms with Crippen LogP contribution in [0.2, 0.25) is 0 Å². The van der Waals surface area contributed by atoms with Crippen LogP contribution in [0.3, 0.4) is 0 Å². The van der Waals surface area contributed by atoms with Gasteiger partial charge in [0.1, 0.15) is 0 Å². The zero-order valence-corrected chi connectivity index (χ0v) is 10.7. The second-order valence-corrected chi connectivity index (χ2v) is 5.71. The quantitative estimate of drug-likeness (QED) is 0.719. The van der Waals surface area contributed by atoms with Gasteiger partial charge in [0.25, 0.3) is 0 Å². The summed E-state index contributed by atoms with van der Waals surface area (Å²) >= 11 is 3.13. The van der Waals surface area contributed by atoms with Gasteiger partial charge >= 0.3 is 0 Å². The van der Waals surface area contributed by atoms with E-state index < -0.39 is 22.7 Å². The van der Waals surface area contributed by atoms with Gasteiger partial charge in [-0.25, -0.2) is 13.1 Å². The van der Waals surface area contributed by atoms with Crippen molar-refractivity contribution in [3.05, 3.63) is 28.7 Å². The van der Waals surface area contributed by atoms with E-state index in [0.717, 1.165) is 0 Å². The van der Waals surface area contributed by atoms with Crippen LogP contribution in [0.1, 0.15) is 0 Å². The van der Waals surface area contributed by atoms with Gasteiger partial charge in [-0.15, -0.1) is 0 Å². The first-order valence-corrected chi connectivity index (χ1v) is 6.78. The highest BCUT2D eigenvalue weighted by molar-refractivity contribution is 9.10. The van der Waals surface area contributed by atoms with E-state index in [1.165, 1.54) is 6.07 Å². The first kappa shape index (κ1) is 13.6. The minimum absolute atomic E-state index is 0.0974. The van der Waals surface area contributed by atoms with E-state index in [2.05, 4.69) is 20.7 Å². The third-order valence-electron chi connectivity index (χ3n) is 1.85. The van der Waals surface area contributed by atoms with E-state index in [9.17, 15) is 8.42 Å². The maximum absolute atomic E-state index is 11.7. The molecule has 1 atom stereocenters. The van der Waals surface area contributed by atoms with Gasteiger partial charge < -0.3 is 10.2 Å². The Bertz CT molecular complexity index is 449. The Morgan fingerprint density at radius 2 is 2.00 bits per heavy atom. The Balaban J connectivity index is 2.83. The maximum atomic E-state index is 11.7. The largest absolute Gasteiger partial charge is 0.394 e. The van der Waals surface area contributed by atoms with Crippen LogP contribution >= 0.6 is 15.9 Å². The van der Waals surface area contributed by atoms with Gasteiger partial charge in [-0.3, -0.25) is 0 Å². The molecule has 0 unspecified atom stereocenters. The average Bonchev–Trinajstić information content (AvgIpc) is 2.26. The van der Waals surface area contributed by atoms with Crippen molar-refractivity contribution >= 4 is 26.0 Å². The molecule has 16 heavy (non-hydrogen) atoms. The second-order valence-electron chi connectivity index (χ2n) is 3.12. The van der Waals surface area contributed by atoms with Crippen molar-refractivity contribution < 1.29 is 18.6 Å². The molecule has 0 aliphatic carbocycles. The van der Waals surface area contributed by atoms with Crippen LogP contribution in [-0.4, -0.2) is 37.9 Å². The lowest BCUT2D eigenvalue weighted by Crippen LogP contribution is -2.34. The monoisotopic (exact) mass is 309 g/mol. The van der Waals surface area contributed by atoms with Crippen LogP contribution in [0.25, 0.3) is 0 Å². The minimum atomic E-state index is -3.66. The molecule has 0 saturated carbocycles. The normalized spacial score (nSPS) is 13.7. The molecular weight excluding hydrogens is 298 g/mol. The van der Waals surface area contributed by atoms with Crippen LogP contribution in [0, 0.1) is 0 Å². The molecule has 0 heterocycles. The molecule has 0 aliphatic rings. The van der Waals surface area contributed by atoms with E-state index in [4.69, 9.17) is 10.2 Å².